The predicted molar refractivity (Wildman–Crippen MR) is 102 cm³/mol. The fourth-order valence-electron chi connectivity index (χ4n) is 7.18. The van der Waals surface area contributed by atoms with Gasteiger partial charge in [-0.15, -0.1) is 0 Å². The first-order valence-corrected chi connectivity index (χ1v) is 12.1. The summed E-state index contributed by atoms with van der Waals surface area (Å²) in [6.07, 6.45) is 8.58. The Kier molecular flexibility index (Phi) is 4.54. The summed E-state index contributed by atoms with van der Waals surface area (Å²) in [7, 11) is -1.88. The smallest absolute Gasteiger partial charge is 0.311 e. The molecule has 6 atom stereocenters. The Morgan fingerprint density at radius 2 is 1.96 bits per heavy atom. The van der Waals surface area contributed by atoms with Gasteiger partial charge >= 0.3 is 5.97 Å². The van der Waals surface area contributed by atoms with Crippen LogP contribution in [0.1, 0.15) is 58.8 Å². The highest BCUT2D eigenvalue weighted by molar-refractivity contribution is 7.85. The van der Waals surface area contributed by atoms with Crippen molar-refractivity contribution >= 4 is 16.1 Å². The van der Waals surface area contributed by atoms with Gasteiger partial charge in [0.1, 0.15) is 0 Å². The predicted octanol–water partition coefficient (Wildman–Crippen LogP) is 3.69. The summed E-state index contributed by atoms with van der Waals surface area (Å²) >= 11 is 0. The molecule has 5 nitrogen and oxygen atoms in total. The van der Waals surface area contributed by atoms with Crippen molar-refractivity contribution in [3.63, 3.8) is 0 Å². The molecule has 0 N–H and O–H groups in total. The zero-order valence-corrected chi connectivity index (χ0v) is 17.7. The van der Waals surface area contributed by atoms with E-state index in [0.717, 1.165) is 44.8 Å². The maximum Gasteiger partial charge on any atom is 0.311 e. The molecule has 0 heterocycles. The Hall–Kier alpha value is -0.880. The number of fused-ring (bicyclic) bond motifs is 1. The average Bonchev–Trinajstić information content (AvgIpc) is 2.59. The van der Waals surface area contributed by atoms with Gasteiger partial charge in [0.15, 0.2) is 0 Å². The van der Waals surface area contributed by atoms with E-state index in [1.54, 1.807) is 5.57 Å². The van der Waals surface area contributed by atoms with E-state index in [1.165, 1.54) is 19.1 Å². The summed E-state index contributed by atoms with van der Waals surface area (Å²) in [5.41, 5.74) is 2.79. The number of carbonyl (C=O) groups is 1. The second-order valence-corrected chi connectivity index (χ2v) is 11.4. The molecule has 0 radical (unpaired) electrons. The first-order valence-electron chi connectivity index (χ1n) is 10.2. The molecular formula is C21H32O5S. The van der Waals surface area contributed by atoms with Crippen LogP contribution in [0.2, 0.25) is 0 Å². The molecule has 3 saturated carbocycles. The maximum atomic E-state index is 12.6. The van der Waals surface area contributed by atoms with Gasteiger partial charge in [-0.1, -0.05) is 24.5 Å². The number of esters is 1. The Morgan fingerprint density at radius 1 is 1.22 bits per heavy atom. The SMILES string of the molecule is COC(=O)[C@]1(C)CCC[C@@]2(C)[C@@H]3C[C@@H]4CC(=C3CC[C@@H]21)C4COS(C)(=O)=O. The summed E-state index contributed by atoms with van der Waals surface area (Å²) in [5.74, 6) is 1.65. The highest BCUT2D eigenvalue weighted by Crippen LogP contribution is 2.67. The number of hydrogen-bond donors (Lipinski definition) is 0. The molecule has 0 aromatic carbocycles. The van der Waals surface area contributed by atoms with E-state index < -0.39 is 10.1 Å². The second kappa shape index (κ2) is 6.31. The van der Waals surface area contributed by atoms with Crippen LogP contribution in [-0.2, 0) is 23.8 Å². The monoisotopic (exact) mass is 396 g/mol. The standard InChI is InChI=1S/C21H32O5S/c1-20-8-5-9-21(2,19(22)25-3)18(20)7-6-14-15-10-13(11-17(14)20)16(15)12-26-27(4,23)24/h13,16-18H,5-12H2,1-4H3/t13-,16?,17+,18-,20-,21+/m0/s1. The lowest BCUT2D eigenvalue weighted by Gasteiger charge is -2.62. The third-order valence-electron chi connectivity index (χ3n) is 8.46. The second-order valence-electron chi connectivity index (χ2n) is 9.76. The molecule has 6 heteroatoms. The molecule has 2 bridgehead atoms. The van der Waals surface area contributed by atoms with Crippen molar-refractivity contribution in [2.24, 2.45) is 34.5 Å². The molecule has 1 unspecified atom stereocenters. The van der Waals surface area contributed by atoms with E-state index in [1.807, 2.05) is 0 Å². The Labute approximate surface area is 163 Å². The zero-order valence-electron chi connectivity index (χ0n) is 16.9. The number of ether oxygens (including phenoxy) is 1. The van der Waals surface area contributed by atoms with Crippen molar-refractivity contribution in [1.29, 1.82) is 0 Å². The third kappa shape index (κ3) is 2.89. The van der Waals surface area contributed by atoms with Crippen molar-refractivity contribution in [1.82, 2.24) is 0 Å². The van der Waals surface area contributed by atoms with Crippen LogP contribution in [0.5, 0.6) is 0 Å². The van der Waals surface area contributed by atoms with Crippen LogP contribution in [0, 0.1) is 34.5 Å². The highest BCUT2D eigenvalue weighted by Gasteiger charge is 2.61. The van der Waals surface area contributed by atoms with Crippen LogP contribution in [0.3, 0.4) is 0 Å². The van der Waals surface area contributed by atoms with Crippen LogP contribution in [0.25, 0.3) is 0 Å². The highest BCUT2D eigenvalue weighted by atomic mass is 32.2. The van der Waals surface area contributed by atoms with Crippen LogP contribution in [0.15, 0.2) is 11.1 Å². The summed E-state index contributed by atoms with van der Waals surface area (Å²) in [6, 6.07) is 0. The largest absolute Gasteiger partial charge is 0.469 e. The van der Waals surface area contributed by atoms with E-state index in [4.69, 9.17) is 8.92 Å². The Bertz CT molecular complexity index is 784. The van der Waals surface area contributed by atoms with Gasteiger partial charge in [-0.25, -0.2) is 0 Å². The van der Waals surface area contributed by atoms with E-state index in [2.05, 4.69) is 13.8 Å². The lowest BCUT2D eigenvalue weighted by atomic mass is 9.42. The molecule has 3 fully saturated rings. The first kappa shape index (κ1) is 19.4. The fourth-order valence-corrected chi connectivity index (χ4v) is 7.57. The van der Waals surface area contributed by atoms with Crippen LogP contribution in [-0.4, -0.2) is 34.4 Å². The van der Waals surface area contributed by atoms with Crippen molar-refractivity contribution in [2.75, 3.05) is 20.0 Å². The summed E-state index contributed by atoms with van der Waals surface area (Å²) in [5, 5.41) is 0. The van der Waals surface area contributed by atoms with Crippen LogP contribution < -0.4 is 0 Å². The number of methoxy groups -OCH3 is 1. The van der Waals surface area contributed by atoms with Gasteiger partial charge in [0.2, 0.25) is 0 Å². The number of allylic oxidation sites excluding steroid dienone is 1. The lowest BCUT2D eigenvalue weighted by Crippen LogP contribution is -2.56. The topological polar surface area (TPSA) is 69.7 Å². The Morgan fingerprint density at radius 3 is 2.63 bits per heavy atom. The van der Waals surface area contributed by atoms with E-state index >= 15 is 0 Å². The van der Waals surface area contributed by atoms with Crippen molar-refractivity contribution in [3.8, 4) is 0 Å². The minimum absolute atomic E-state index is 0.0464. The van der Waals surface area contributed by atoms with E-state index in [-0.39, 0.29) is 22.7 Å². The van der Waals surface area contributed by atoms with Crippen LogP contribution in [0.4, 0.5) is 0 Å². The van der Waals surface area contributed by atoms with Gasteiger partial charge in [0.05, 0.1) is 25.4 Å². The molecule has 0 spiro atoms. The van der Waals surface area contributed by atoms with Crippen molar-refractivity contribution in [3.05, 3.63) is 11.1 Å². The average molecular weight is 397 g/mol. The lowest BCUT2D eigenvalue weighted by molar-refractivity contribution is -0.169. The molecule has 0 aromatic rings. The summed E-state index contributed by atoms with van der Waals surface area (Å²) in [6.45, 7) is 4.82. The molecule has 5 aliphatic carbocycles. The normalized spacial score (nSPS) is 43.4. The maximum absolute atomic E-state index is 12.6. The van der Waals surface area contributed by atoms with E-state index in [0.29, 0.717) is 24.4 Å². The molecule has 0 saturated heterocycles. The van der Waals surface area contributed by atoms with Gasteiger partial charge < -0.3 is 4.74 Å². The zero-order chi connectivity index (χ0) is 19.6. The van der Waals surface area contributed by atoms with Gasteiger partial charge in [-0.05, 0) is 68.6 Å². The number of rotatable bonds is 4. The molecule has 5 aliphatic rings. The van der Waals surface area contributed by atoms with Gasteiger partial charge in [0.25, 0.3) is 10.1 Å². The molecule has 152 valence electrons. The summed E-state index contributed by atoms with van der Waals surface area (Å²) < 4.78 is 33.1. The van der Waals surface area contributed by atoms with Gasteiger partial charge in [0, 0.05) is 5.92 Å². The quantitative estimate of drug-likeness (QED) is 0.412. The third-order valence-corrected chi connectivity index (χ3v) is 9.02. The molecule has 0 amide bonds. The van der Waals surface area contributed by atoms with E-state index in [9.17, 15) is 13.2 Å². The van der Waals surface area contributed by atoms with Crippen LogP contribution >= 0.6 is 0 Å². The Balaban J connectivity index is 1.62. The van der Waals surface area contributed by atoms with Crippen molar-refractivity contribution < 1.29 is 22.1 Å². The first-order chi connectivity index (χ1) is 12.6. The summed E-state index contributed by atoms with van der Waals surface area (Å²) in [4.78, 5) is 12.6. The minimum atomic E-state index is -3.39. The molecule has 0 aliphatic heterocycles. The van der Waals surface area contributed by atoms with Gasteiger partial charge in [-0.3, -0.25) is 8.98 Å². The molecular weight excluding hydrogens is 364 g/mol. The van der Waals surface area contributed by atoms with Gasteiger partial charge in [-0.2, -0.15) is 8.42 Å². The van der Waals surface area contributed by atoms with Crippen molar-refractivity contribution in [2.45, 2.75) is 58.8 Å². The number of carbonyl (C=O) groups excluding carboxylic acids is 1. The fraction of sp³-hybridized carbons (Fsp3) is 0.857. The molecule has 5 rings (SSSR count). The molecule has 27 heavy (non-hydrogen) atoms. The number of hydrogen-bond acceptors (Lipinski definition) is 5. The molecule has 0 aromatic heterocycles. The minimum Gasteiger partial charge on any atom is -0.469 e.